The number of imide groups is 1. The Bertz CT molecular complexity index is 2410. The quantitative estimate of drug-likeness (QED) is 0.0984. The van der Waals surface area contributed by atoms with Gasteiger partial charge in [-0.15, -0.1) is 10.2 Å². The van der Waals surface area contributed by atoms with Gasteiger partial charge in [0.05, 0.1) is 17.9 Å². The predicted molar refractivity (Wildman–Crippen MR) is 210 cm³/mol. The first-order valence-electron chi connectivity index (χ1n) is 18.8. The molecule has 284 valence electrons. The van der Waals surface area contributed by atoms with Crippen molar-refractivity contribution >= 4 is 40.9 Å². The number of carbonyl (C=O) groups excluding carboxylic acids is 4. The lowest BCUT2D eigenvalue weighted by Gasteiger charge is -2.29. The molecule has 4 amide bonds. The Kier molecular flexibility index (Phi) is 10.4. The highest BCUT2D eigenvalue weighted by atomic mass is 35.5. The minimum absolute atomic E-state index is 0.0153. The lowest BCUT2D eigenvalue weighted by Crippen LogP contribution is -2.52. The first kappa shape index (κ1) is 36.7. The number of benzene rings is 3. The number of hydrogen-bond acceptors (Lipinski definition) is 8. The van der Waals surface area contributed by atoms with Crippen molar-refractivity contribution in [1.82, 2.24) is 40.1 Å². The van der Waals surface area contributed by atoms with E-state index in [0.29, 0.717) is 30.0 Å². The van der Waals surface area contributed by atoms with Gasteiger partial charge in [-0.05, 0) is 97.8 Å². The van der Waals surface area contributed by atoms with Crippen LogP contribution in [-0.4, -0.2) is 65.7 Å². The van der Waals surface area contributed by atoms with Gasteiger partial charge >= 0.3 is 0 Å². The third kappa shape index (κ3) is 7.65. The molecule has 14 heteroatoms. The summed E-state index contributed by atoms with van der Waals surface area (Å²) in [6.07, 6.45) is 7.97. The average molecular weight is 770 g/mol. The number of piperidine rings is 1. The van der Waals surface area contributed by atoms with Gasteiger partial charge in [-0.25, -0.2) is 0 Å². The highest BCUT2D eigenvalue weighted by Crippen LogP contribution is 2.36. The smallest absolute Gasteiger partial charge is 0.255 e. The van der Waals surface area contributed by atoms with E-state index in [1.54, 1.807) is 23.0 Å². The van der Waals surface area contributed by atoms with Crippen molar-refractivity contribution < 1.29 is 19.2 Å². The van der Waals surface area contributed by atoms with E-state index >= 15 is 0 Å². The first-order valence-corrected chi connectivity index (χ1v) is 19.2. The van der Waals surface area contributed by atoms with Crippen LogP contribution in [0.1, 0.15) is 83.3 Å². The van der Waals surface area contributed by atoms with Crippen molar-refractivity contribution in [1.29, 1.82) is 0 Å². The summed E-state index contributed by atoms with van der Waals surface area (Å²) in [4.78, 5) is 51.4. The van der Waals surface area contributed by atoms with Crippen LogP contribution in [0.5, 0.6) is 0 Å². The van der Waals surface area contributed by atoms with E-state index in [4.69, 9.17) is 11.6 Å². The summed E-state index contributed by atoms with van der Waals surface area (Å²) in [6, 6.07) is 18.9. The Morgan fingerprint density at radius 1 is 1.00 bits per heavy atom. The zero-order valence-electron chi connectivity index (χ0n) is 30.8. The van der Waals surface area contributed by atoms with Crippen molar-refractivity contribution in [2.75, 3.05) is 11.9 Å². The maximum atomic E-state index is 13.1. The molecule has 3 aliphatic heterocycles. The maximum Gasteiger partial charge on any atom is 0.255 e. The molecule has 8 rings (SSSR count). The van der Waals surface area contributed by atoms with Crippen molar-refractivity contribution in [2.24, 2.45) is 0 Å². The second kappa shape index (κ2) is 15.8. The molecule has 0 spiro atoms. The number of aryl methyl sites for hydroxylation is 2. The Morgan fingerprint density at radius 3 is 2.70 bits per heavy atom. The molecular weight excluding hydrogens is 730 g/mol. The number of rotatable bonds is 10. The van der Waals surface area contributed by atoms with Gasteiger partial charge in [0.2, 0.25) is 17.7 Å². The summed E-state index contributed by atoms with van der Waals surface area (Å²) < 4.78 is 3.78. The standard InChI is InChI=1S/C42H40ClN9O4/c1-26-48-49-38-18-15-35(46-31-13-11-30(43)12-14-31)33-21-28(10-16-36(33)52(26)38)29-22-45-50(23-29)25-40(54)44-20-5-3-2-4-7-27-8-6-9-32-34(27)24-51(42(32)56)37-17-19-39(53)47-41(37)55/h6,8-14,16,21-23,35,37,46H,2-3,5,15,17-20,24-25H2,1H3,(H,44,54)(H,47,53,55). The number of carbonyl (C=O) groups is 4. The van der Waals surface area contributed by atoms with Gasteiger partial charge in [-0.1, -0.05) is 35.6 Å². The lowest BCUT2D eigenvalue weighted by atomic mass is 9.97. The largest absolute Gasteiger partial charge is 0.378 e. The Labute approximate surface area is 328 Å². The topological polar surface area (TPSA) is 156 Å². The first-order chi connectivity index (χ1) is 27.2. The summed E-state index contributed by atoms with van der Waals surface area (Å²) in [5.41, 5.74) is 7.15. The van der Waals surface area contributed by atoms with Crippen LogP contribution in [0.2, 0.25) is 5.02 Å². The Balaban J connectivity index is 0.843. The van der Waals surface area contributed by atoms with E-state index in [9.17, 15) is 19.2 Å². The third-order valence-electron chi connectivity index (χ3n) is 10.5. The van der Waals surface area contributed by atoms with Crippen molar-refractivity contribution in [3.63, 3.8) is 0 Å². The number of amides is 4. The van der Waals surface area contributed by atoms with Gasteiger partial charge in [0.15, 0.2) is 0 Å². The summed E-state index contributed by atoms with van der Waals surface area (Å²) in [5, 5.41) is 23.0. The molecule has 0 radical (unpaired) electrons. The zero-order chi connectivity index (χ0) is 38.8. The highest BCUT2D eigenvalue weighted by molar-refractivity contribution is 6.30. The number of nitrogens with zero attached hydrogens (tertiary/aromatic N) is 6. The van der Waals surface area contributed by atoms with Gasteiger partial charge in [-0.2, -0.15) is 5.10 Å². The molecule has 5 heterocycles. The molecule has 3 N–H and O–H groups in total. The van der Waals surface area contributed by atoms with Crippen molar-refractivity contribution in [2.45, 2.75) is 77.0 Å². The number of nitrogens with one attached hydrogen (secondary N) is 3. The summed E-state index contributed by atoms with van der Waals surface area (Å²) in [7, 11) is 0. The number of unbranched alkanes of at least 4 members (excludes halogenated alkanes) is 2. The molecule has 1 fully saturated rings. The fourth-order valence-corrected chi connectivity index (χ4v) is 7.78. The minimum atomic E-state index is -0.661. The molecule has 0 saturated carbocycles. The fourth-order valence-electron chi connectivity index (χ4n) is 7.65. The van der Waals surface area contributed by atoms with Gasteiger partial charge in [0.1, 0.15) is 24.2 Å². The van der Waals surface area contributed by atoms with Crippen LogP contribution in [0.4, 0.5) is 5.69 Å². The second-order valence-electron chi connectivity index (χ2n) is 14.3. The Morgan fingerprint density at radius 2 is 1.86 bits per heavy atom. The number of aromatic nitrogens is 5. The van der Waals surface area contributed by atoms with Gasteiger partial charge in [0.25, 0.3) is 5.91 Å². The van der Waals surface area contributed by atoms with Gasteiger partial charge in [-0.3, -0.25) is 33.7 Å². The van der Waals surface area contributed by atoms with Crippen LogP contribution >= 0.6 is 11.6 Å². The minimum Gasteiger partial charge on any atom is -0.378 e. The molecule has 5 aromatic rings. The van der Waals surface area contributed by atoms with E-state index in [1.165, 1.54) is 4.90 Å². The highest BCUT2D eigenvalue weighted by Gasteiger charge is 2.39. The maximum absolute atomic E-state index is 13.1. The molecule has 2 atom stereocenters. The third-order valence-corrected chi connectivity index (χ3v) is 10.8. The van der Waals surface area contributed by atoms with Crippen molar-refractivity contribution in [3.05, 3.63) is 112 Å². The van der Waals surface area contributed by atoms with Crippen LogP contribution in [0, 0.1) is 18.8 Å². The molecule has 0 aliphatic carbocycles. The Hall–Kier alpha value is -6.26. The molecular formula is C42H40ClN9O4. The molecule has 2 unspecified atom stereocenters. The molecule has 3 aliphatic rings. The average Bonchev–Trinajstić information content (AvgIpc) is 3.88. The number of halogens is 1. The SMILES string of the molecule is Cc1nnc2n1-c1ccc(-c3cnn(CC(=O)NCCCCC#Cc4cccc5c4CN(C4CCC(=O)NC4=O)C5=O)c3)cc1C(Nc1ccc(Cl)cc1)CC2. The van der Waals surface area contributed by atoms with E-state index in [1.807, 2.05) is 43.5 Å². The van der Waals surface area contributed by atoms with E-state index in [0.717, 1.165) is 76.5 Å². The monoisotopic (exact) mass is 769 g/mol. The summed E-state index contributed by atoms with van der Waals surface area (Å²) in [5.74, 6) is 7.08. The molecule has 1 saturated heterocycles. The predicted octanol–water partition coefficient (Wildman–Crippen LogP) is 5.29. The van der Waals surface area contributed by atoms with Crippen LogP contribution < -0.4 is 16.0 Å². The number of fused-ring (bicyclic) bond motifs is 4. The fraction of sp³-hybridized carbons (Fsp3) is 0.310. The number of anilines is 1. The van der Waals surface area contributed by atoms with Crippen LogP contribution in [0.3, 0.4) is 0 Å². The van der Waals surface area contributed by atoms with E-state index < -0.39 is 11.9 Å². The summed E-state index contributed by atoms with van der Waals surface area (Å²) >= 11 is 6.15. The van der Waals surface area contributed by atoms with Crippen LogP contribution in [0.25, 0.3) is 16.8 Å². The number of hydrogen-bond donors (Lipinski definition) is 3. The van der Waals surface area contributed by atoms with E-state index in [2.05, 4.69) is 65.9 Å². The summed E-state index contributed by atoms with van der Waals surface area (Å²) in [6.45, 7) is 2.87. The second-order valence-corrected chi connectivity index (χ2v) is 14.7. The normalized spacial score (nSPS) is 17.2. The zero-order valence-corrected chi connectivity index (χ0v) is 31.6. The molecule has 2 aromatic heterocycles. The molecule has 13 nitrogen and oxygen atoms in total. The van der Waals surface area contributed by atoms with Crippen LogP contribution in [0.15, 0.2) is 73.1 Å². The molecule has 56 heavy (non-hydrogen) atoms. The van der Waals surface area contributed by atoms with Crippen LogP contribution in [-0.2, 0) is 33.9 Å². The van der Waals surface area contributed by atoms with Gasteiger partial charge < -0.3 is 15.5 Å². The lowest BCUT2D eigenvalue weighted by molar-refractivity contribution is -0.137. The van der Waals surface area contributed by atoms with E-state index in [-0.39, 0.29) is 43.3 Å². The van der Waals surface area contributed by atoms with Gasteiger partial charge in [0, 0.05) is 65.9 Å². The molecule has 0 bridgehead atoms. The van der Waals surface area contributed by atoms with Crippen molar-refractivity contribution in [3.8, 4) is 28.7 Å². The molecule has 3 aromatic carbocycles.